The van der Waals surface area contributed by atoms with Gasteiger partial charge in [-0.3, -0.25) is 0 Å². The van der Waals surface area contributed by atoms with Crippen molar-refractivity contribution in [1.82, 2.24) is 0 Å². The van der Waals surface area contributed by atoms with E-state index in [1.165, 1.54) is 21.5 Å². The molecule has 3 nitrogen and oxygen atoms in total. The zero-order valence-corrected chi connectivity index (χ0v) is 4.23. The van der Waals surface area contributed by atoms with Crippen LogP contribution in [0, 0.1) is 0 Å². The zero-order valence-electron chi connectivity index (χ0n) is 2.07. The summed E-state index contributed by atoms with van der Waals surface area (Å²) in [6, 6.07) is 0. The second-order valence-corrected chi connectivity index (χ2v) is 0.770. The molecule has 6 heavy (non-hydrogen) atoms. The Kier molecular flexibility index (Phi) is 10.8. The van der Waals surface area contributed by atoms with Crippen molar-refractivity contribution in [1.29, 1.82) is 0 Å². The van der Waals surface area contributed by atoms with Gasteiger partial charge in [0, 0.05) is 0 Å². The molecule has 0 saturated heterocycles. The van der Waals surface area contributed by atoms with E-state index < -0.39 is 6.16 Å². The third-order valence-corrected chi connectivity index (χ3v) is 0.431. The normalized spacial score (nSPS) is 5.67. The zero-order chi connectivity index (χ0) is 4.28. The molecule has 0 bridgehead atoms. The van der Waals surface area contributed by atoms with Gasteiger partial charge in [-0.15, -0.1) is 0 Å². The third-order valence-electron chi connectivity index (χ3n) is 0.0527. The van der Waals surface area contributed by atoms with Crippen LogP contribution in [0.1, 0.15) is 0 Å². The molecule has 0 saturated carbocycles. The van der Waals surface area contributed by atoms with Crippen LogP contribution in [0.4, 0.5) is 4.79 Å². The van der Waals surface area contributed by atoms with Gasteiger partial charge < -0.3 is 0 Å². The first kappa shape index (κ1) is 10.3. The minimum atomic E-state index is -1.27. The Bertz CT molecular complexity index is 46.1. The van der Waals surface area contributed by atoms with Gasteiger partial charge >= 0.3 is 78.5 Å². The van der Waals surface area contributed by atoms with E-state index in [1.807, 2.05) is 0 Å². The van der Waals surface area contributed by atoms with Crippen molar-refractivity contribution in [3.05, 3.63) is 0 Å². The molecule has 0 aliphatic carbocycles. The van der Waals surface area contributed by atoms with Gasteiger partial charge in [-0.1, -0.05) is 0 Å². The fraction of sp³-hybridized carbons (Fsp3) is 0. The number of hydrogen-bond donors (Lipinski definition) is 1. The van der Waals surface area contributed by atoms with E-state index in [1.54, 1.807) is 0 Å². The van der Waals surface area contributed by atoms with Crippen molar-refractivity contribution in [3.63, 3.8) is 0 Å². The molecule has 0 aliphatic rings. The Morgan fingerprint density at radius 1 is 1.83 bits per heavy atom. The van der Waals surface area contributed by atoms with Crippen molar-refractivity contribution in [3.8, 4) is 0 Å². The Balaban J connectivity index is 0. The second-order valence-electron chi connectivity index (χ2n) is 0.327. The Morgan fingerprint density at radius 3 is 2.00 bits per heavy atom. The van der Waals surface area contributed by atoms with Gasteiger partial charge in [0.05, 0.1) is 0 Å². The maximum absolute atomic E-state index is 9.13. The summed E-state index contributed by atoms with van der Waals surface area (Å²) in [4.78, 5) is 9.13. The standard InChI is InChI=1S/CH2O3.Au.Ca.2H/c2-1(3)4;;;;/h(H2,2,3,4);;;;/q;+1;;;/p-1. The van der Waals surface area contributed by atoms with E-state index in [-0.39, 0.29) is 37.7 Å². The van der Waals surface area contributed by atoms with Gasteiger partial charge in [-0.2, -0.15) is 0 Å². The summed E-state index contributed by atoms with van der Waals surface area (Å²) in [5.74, 6) is 0. The van der Waals surface area contributed by atoms with Crippen LogP contribution in [-0.4, -0.2) is 49.0 Å². The summed E-state index contributed by atoms with van der Waals surface area (Å²) in [6.45, 7) is 0. The monoisotopic (exact) mass is 300 g/mol. The van der Waals surface area contributed by atoms with Gasteiger partial charge in [0.25, 0.3) is 0 Å². The first-order chi connectivity index (χ1) is 2.27. The molecule has 0 aliphatic heterocycles. The van der Waals surface area contributed by atoms with Crippen molar-refractivity contribution >= 4 is 43.9 Å². The molecule has 0 spiro atoms. The molecule has 0 aromatic rings. The fourth-order valence-electron chi connectivity index (χ4n) is 0. The van der Waals surface area contributed by atoms with Crippen LogP contribution in [0.3, 0.4) is 0 Å². The molecule has 0 amide bonds. The molecule has 0 atom stereocenters. The van der Waals surface area contributed by atoms with Crippen LogP contribution in [0.15, 0.2) is 0 Å². The maximum atomic E-state index is 9.13. The van der Waals surface area contributed by atoms with Crippen LogP contribution in [0.5, 0.6) is 0 Å². The molecule has 0 radical (unpaired) electrons. The fourth-order valence-corrected chi connectivity index (χ4v) is 0. The van der Waals surface area contributed by atoms with Crippen molar-refractivity contribution in [2.24, 2.45) is 0 Å². The summed E-state index contributed by atoms with van der Waals surface area (Å²) in [5, 5.41) is 7.49. The average molecular weight is 300 g/mol. The van der Waals surface area contributed by atoms with Crippen LogP contribution < -0.4 is 0 Å². The van der Waals surface area contributed by atoms with Gasteiger partial charge in [-0.05, 0) is 0 Å². The first-order valence-corrected chi connectivity index (χ1v) is 1.64. The molecule has 0 rings (SSSR count). The summed E-state index contributed by atoms with van der Waals surface area (Å²) >= 11 is 1.43. The van der Waals surface area contributed by atoms with E-state index in [0.717, 1.165) is 0 Å². The van der Waals surface area contributed by atoms with Crippen LogP contribution in [0.25, 0.3) is 0 Å². The Hall–Kier alpha value is 1.27. The summed E-state index contributed by atoms with van der Waals surface area (Å²) < 4.78 is 3.61. The van der Waals surface area contributed by atoms with Gasteiger partial charge in [0.15, 0.2) is 0 Å². The molecular weight excluding hydrogens is 297 g/mol. The number of rotatable bonds is 0. The van der Waals surface area contributed by atoms with Crippen LogP contribution in [-0.2, 0) is 24.7 Å². The molecule has 38 valence electrons. The Labute approximate surface area is 77.5 Å². The summed E-state index contributed by atoms with van der Waals surface area (Å²) in [7, 11) is 0. The van der Waals surface area contributed by atoms with Crippen LogP contribution in [0.2, 0.25) is 0 Å². The summed E-state index contributed by atoms with van der Waals surface area (Å²) in [5.41, 5.74) is 0. The van der Waals surface area contributed by atoms with E-state index in [0.29, 0.717) is 0 Å². The second kappa shape index (κ2) is 6.27. The average Bonchev–Trinajstić information content (AvgIpc) is 1.38. The SMILES string of the molecule is O=C(O)[O][Au].[CaH2]. The van der Waals surface area contributed by atoms with Crippen molar-refractivity contribution in [2.45, 2.75) is 0 Å². The molecule has 0 heterocycles. The van der Waals surface area contributed by atoms with E-state index in [9.17, 15) is 0 Å². The number of hydrogen-bond acceptors (Lipinski definition) is 2. The predicted octanol–water partition coefficient (Wildman–Crippen LogP) is -0.773. The molecule has 0 aromatic carbocycles. The third kappa shape index (κ3) is 8.99. The topological polar surface area (TPSA) is 46.5 Å². The van der Waals surface area contributed by atoms with Crippen molar-refractivity contribution < 1.29 is 34.6 Å². The molecular formula is CH3AuCaO3. The Morgan fingerprint density at radius 2 is 2.00 bits per heavy atom. The molecule has 5 heteroatoms. The van der Waals surface area contributed by atoms with E-state index >= 15 is 0 Å². The first-order valence-electron chi connectivity index (χ1n) is 0.755. The molecule has 0 fully saturated rings. The van der Waals surface area contributed by atoms with Gasteiger partial charge in [-0.25, -0.2) is 0 Å². The molecule has 0 aromatic heterocycles. The predicted molar refractivity (Wildman–Crippen MR) is 17.7 cm³/mol. The van der Waals surface area contributed by atoms with E-state index in [2.05, 4.69) is 3.24 Å². The quantitative estimate of drug-likeness (QED) is 0.598. The molecule has 1 N–H and O–H groups in total. The van der Waals surface area contributed by atoms with Crippen molar-refractivity contribution in [2.75, 3.05) is 0 Å². The minimum absolute atomic E-state index is 0. The summed E-state index contributed by atoms with van der Waals surface area (Å²) in [6.07, 6.45) is -1.27. The van der Waals surface area contributed by atoms with Crippen LogP contribution >= 0.6 is 0 Å². The van der Waals surface area contributed by atoms with E-state index in [4.69, 9.17) is 9.90 Å². The number of carboxylic acid groups (broad SMARTS) is 1. The number of carbonyl (C=O) groups is 1. The van der Waals surface area contributed by atoms with Gasteiger partial charge in [0.1, 0.15) is 0 Å². The van der Waals surface area contributed by atoms with Gasteiger partial charge in [0.2, 0.25) is 0 Å². The molecule has 0 unspecified atom stereocenters.